The zero-order valence-electron chi connectivity index (χ0n) is 10.9. The van der Waals surface area contributed by atoms with E-state index in [1.165, 1.54) is 44.2 Å². The Kier molecular flexibility index (Phi) is 5.02. The van der Waals surface area contributed by atoms with Crippen LogP contribution in [0.15, 0.2) is 18.2 Å². The van der Waals surface area contributed by atoms with Crippen LogP contribution in [-0.2, 0) is 6.54 Å². The Labute approximate surface area is 114 Å². The number of hydrogen-bond donors (Lipinski definition) is 1. The van der Waals surface area contributed by atoms with Gasteiger partial charge in [-0.2, -0.15) is 0 Å². The van der Waals surface area contributed by atoms with Crippen LogP contribution in [0, 0.1) is 11.7 Å². The van der Waals surface area contributed by atoms with E-state index in [1.807, 2.05) is 0 Å². The Hall–Kier alpha value is -0.600. The van der Waals surface area contributed by atoms with Gasteiger partial charge in [-0.15, -0.1) is 0 Å². The van der Waals surface area contributed by atoms with Crippen molar-refractivity contribution in [1.82, 2.24) is 5.32 Å². The standard InChI is InChI=1S/C15H21ClFN/c1-11-5-3-2-4-6-15(11)18-10-12-7-8-13(17)9-14(12)16/h7-9,11,15,18H,2-6,10H2,1H3. The summed E-state index contributed by atoms with van der Waals surface area (Å²) < 4.78 is 13.0. The molecule has 0 radical (unpaired) electrons. The van der Waals surface area contributed by atoms with Gasteiger partial charge in [0.25, 0.3) is 0 Å². The summed E-state index contributed by atoms with van der Waals surface area (Å²) in [5.41, 5.74) is 0.981. The van der Waals surface area contributed by atoms with E-state index in [0.717, 1.165) is 12.1 Å². The Morgan fingerprint density at radius 1 is 1.28 bits per heavy atom. The predicted molar refractivity (Wildman–Crippen MR) is 74.3 cm³/mol. The molecule has 1 saturated carbocycles. The van der Waals surface area contributed by atoms with Crippen molar-refractivity contribution >= 4 is 11.6 Å². The van der Waals surface area contributed by atoms with Crippen LogP contribution in [0.3, 0.4) is 0 Å². The van der Waals surface area contributed by atoms with Crippen LogP contribution >= 0.6 is 11.6 Å². The fraction of sp³-hybridized carbons (Fsp3) is 0.600. The van der Waals surface area contributed by atoms with Crippen molar-refractivity contribution in [3.8, 4) is 0 Å². The number of rotatable bonds is 3. The molecule has 0 spiro atoms. The predicted octanol–water partition coefficient (Wildman–Crippen LogP) is 4.54. The van der Waals surface area contributed by atoms with Gasteiger partial charge in [0.2, 0.25) is 0 Å². The lowest BCUT2D eigenvalue weighted by Crippen LogP contribution is -2.33. The second-order valence-electron chi connectivity index (χ2n) is 5.34. The van der Waals surface area contributed by atoms with Crippen LogP contribution in [0.1, 0.15) is 44.6 Å². The van der Waals surface area contributed by atoms with Gasteiger partial charge < -0.3 is 5.32 Å². The molecule has 2 unspecified atom stereocenters. The van der Waals surface area contributed by atoms with Crippen molar-refractivity contribution < 1.29 is 4.39 Å². The van der Waals surface area contributed by atoms with E-state index < -0.39 is 0 Å². The molecule has 100 valence electrons. The zero-order chi connectivity index (χ0) is 13.0. The zero-order valence-corrected chi connectivity index (χ0v) is 11.6. The summed E-state index contributed by atoms with van der Waals surface area (Å²) in [4.78, 5) is 0. The van der Waals surface area contributed by atoms with E-state index in [1.54, 1.807) is 6.07 Å². The van der Waals surface area contributed by atoms with Crippen molar-refractivity contribution in [1.29, 1.82) is 0 Å². The first kappa shape index (κ1) is 13.8. The summed E-state index contributed by atoms with van der Waals surface area (Å²) in [6.07, 6.45) is 6.53. The van der Waals surface area contributed by atoms with Crippen molar-refractivity contribution in [3.05, 3.63) is 34.6 Å². The molecule has 1 aliphatic rings. The fourth-order valence-corrected chi connectivity index (χ4v) is 2.94. The molecule has 1 aromatic rings. The van der Waals surface area contributed by atoms with Gasteiger partial charge in [0.1, 0.15) is 5.82 Å². The maximum absolute atomic E-state index is 13.0. The summed E-state index contributed by atoms with van der Waals surface area (Å²) >= 11 is 6.04. The molecule has 0 aliphatic heterocycles. The van der Waals surface area contributed by atoms with Gasteiger partial charge in [-0.1, -0.05) is 43.9 Å². The SMILES string of the molecule is CC1CCCCCC1NCc1ccc(F)cc1Cl. The molecule has 1 nitrogen and oxygen atoms in total. The summed E-state index contributed by atoms with van der Waals surface area (Å²) in [6, 6.07) is 5.19. The number of nitrogens with one attached hydrogen (secondary N) is 1. The molecule has 0 heterocycles. The Morgan fingerprint density at radius 3 is 2.83 bits per heavy atom. The molecule has 0 bridgehead atoms. The molecule has 0 aromatic heterocycles. The number of benzene rings is 1. The molecule has 1 fully saturated rings. The van der Waals surface area contributed by atoms with E-state index in [2.05, 4.69) is 12.2 Å². The summed E-state index contributed by atoms with van der Waals surface area (Å²) in [5, 5.41) is 4.10. The van der Waals surface area contributed by atoms with E-state index in [-0.39, 0.29) is 5.82 Å². The molecule has 1 aromatic carbocycles. The van der Waals surface area contributed by atoms with Crippen molar-refractivity contribution in [2.45, 2.75) is 51.6 Å². The third kappa shape index (κ3) is 3.69. The van der Waals surface area contributed by atoms with Gasteiger partial charge in [-0.25, -0.2) is 4.39 Å². The van der Waals surface area contributed by atoms with Crippen LogP contribution in [-0.4, -0.2) is 6.04 Å². The number of hydrogen-bond acceptors (Lipinski definition) is 1. The normalized spacial score (nSPS) is 24.8. The minimum absolute atomic E-state index is 0.272. The van der Waals surface area contributed by atoms with Crippen molar-refractivity contribution in [3.63, 3.8) is 0 Å². The Balaban J connectivity index is 1.93. The lowest BCUT2D eigenvalue weighted by molar-refractivity contribution is 0.356. The van der Waals surface area contributed by atoms with Crippen LogP contribution in [0.5, 0.6) is 0 Å². The van der Waals surface area contributed by atoms with Crippen molar-refractivity contribution in [2.75, 3.05) is 0 Å². The van der Waals surface area contributed by atoms with Crippen LogP contribution in [0.4, 0.5) is 4.39 Å². The molecule has 0 amide bonds. The highest BCUT2D eigenvalue weighted by Gasteiger charge is 2.19. The highest BCUT2D eigenvalue weighted by atomic mass is 35.5. The molecule has 3 heteroatoms. The molecular weight excluding hydrogens is 249 g/mol. The first-order valence-electron chi connectivity index (χ1n) is 6.84. The monoisotopic (exact) mass is 269 g/mol. The first-order chi connectivity index (χ1) is 8.66. The molecule has 0 saturated heterocycles. The van der Waals surface area contributed by atoms with E-state index in [9.17, 15) is 4.39 Å². The van der Waals surface area contributed by atoms with Crippen molar-refractivity contribution in [2.24, 2.45) is 5.92 Å². The average molecular weight is 270 g/mol. The van der Waals surface area contributed by atoms with Gasteiger partial charge in [0.15, 0.2) is 0 Å². The molecule has 2 atom stereocenters. The lowest BCUT2D eigenvalue weighted by Gasteiger charge is -2.23. The second-order valence-corrected chi connectivity index (χ2v) is 5.75. The third-order valence-electron chi connectivity index (χ3n) is 3.93. The quantitative estimate of drug-likeness (QED) is 0.795. The smallest absolute Gasteiger partial charge is 0.124 e. The van der Waals surface area contributed by atoms with Crippen LogP contribution < -0.4 is 5.32 Å². The second kappa shape index (κ2) is 6.53. The van der Waals surface area contributed by atoms with Gasteiger partial charge in [0.05, 0.1) is 0 Å². The topological polar surface area (TPSA) is 12.0 Å². The molecule has 1 aliphatic carbocycles. The minimum atomic E-state index is -0.272. The van der Waals surface area contributed by atoms with E-state index in [0.29, 0.717) is 17.0 Å². The largest absolute Gasteiger partial charge is 0.310 e. The summed E-state index contributed by atoms with van der Waals surface area (Å²) in [5.74, 6) is 0.443. The Bertz CT molecular complexity index is 394. The molecule has 1 N–H and O–H groups in total. The average Bonchev–Trinajstić information content (AvgIpc) is 2.53. The molecule has 18 heavy (non-hydrogen) atoms. The minimum Gasteiger partial charge on any atom is -0.310 e. The fourth-order valence-electron chi connectivity index (χ4n) is 2.70. The summed E-state index contributed by atoms with van der Waals surface area (Å²) in [6.45, 7) is 3.05. The molecular formula is C15H21ClFN. The van der Waals surface area contributed by atoms with E-state index in [4.69, 9.17) is 11.6 Å². The molecule has 2 rings (SSSR count). The maximum Gasteiger partial charge on any atom is 0.124 e. The highest BCUT2D eigenvalue weighted by molar-refractivity contribution is 6.31. The van der Waals surface area contributed by atoms with E-state index >= 15 is 0 Å². The highest BCUT2D eigenvalue weighted by Crippen LogP contribution is 2.24. The van der Waals surface area contributed by atoms with Gasteiger partial charge in [-0.3, -0.25) is 0 Å². The van der Waals surface area contributed by atoms with Gasteiger partial charge in [0, 0.05) is 17.6 Å². The first-order valence-corrected chi connectivity index (χ1v) is 7.22. The Morgan fingerprint density at radius 2 is 2.06 bits per heavy atom. The van der Waals surface area contributed by atoms with Gasteiger partial charge in [-0.05, 0) is 36.5 Å². The van der Waals surface area contributed by atoms with Crippen LogP contribution in [0.25, 0.3) is 0 Å². The van der Waals surface area contributed by atoms with Crippen LogP contribution in [0.2, 0.25) is 5.02 Å². The number of halogens is 2. The maximum atomic E-state index is 13.0. The lowest BCUT2D eigenvalue weighted by atomic mass is 9.97. The third-order valence-corrected chi connectivity index (χ3v) is 4.28. The summed E-state index contributed by atoms with van der Waals surface area (Å²) in [7, 11) is 0. The van der Waals surface area contributed by atoms with Gasteiger partial charge >= 0.3 is 0 Å².